The Morgan fingerprint density at radius 1 is 1.62 bits per heavy atom. The van der Waals surface area contributed by atoms with Gasteiger partial charge in [0.15, 0.2) is 0 Å². The van der Waals surface area contributed by atoms with E-state index >= 15 is 0 Å². The minimum atomic E-state index is -0.228. The van der Waals surface area contributed by atoms with E-state index in [-0.39, 0.29) is 17.4 Å². The highest BCUT2D eigenvalue weighted by molar-refractivity contribution is 6.30. The number of esters is 1. The first kappa shape index (κ1) is 11.2. The van der Waals surface area contributed by atoms with Crippen molar-refractivity contribution < 1.29 is 9.53 Å². The van der Waals surface area contributed by atoms with Crippen LogP contribution in [0.1, 0.15) is 18.1 Å². The lowest BCUT2D eigenvalue weighted by Gasteiger charge is -2.06. The van der Waals surface area contributed by atoms with Gasteiger partial charge in [-0.15, -0.1) is 0 Å². The molecule has 0 aromatic carbocycles. The topological polar surface area (TPSA) is 59.2 Å². The summed E-state index contributed by atoms with van der Waals surface area (Å²) < 4.78 is 4.96. The number of carbonyl (C=O) groups is 1. The number of nitrogens with one attached hydrogen (secondary N) is 1. The number of aromatic amines is 1. The first-order valence-corrected chi connectivity index (χ1v) is 5.56. The largest absolute Gasteiger partial charge is 0.466 e. The minimum absolute atomic E-state index is 0.206. The predicted molar refractivity (Wildman–Crippen MR) is 59.6 cm³/mol. The van der Waals surface area contributed by atoms with Crippen molar-refractivity contribution in [3.8, 4) is 0 Å². The molecule has 16 heavy (non-hydrogen) atoms. The highest BCUT2D eigenvalue weighted by Gasteiger charge is 2.30. The fourth-order valence-corrected chi connectivity index (χ4v) is 2.31. The van der Waals surface area contributed by atoms with Crippen LogP contribution in [0.25, 0.3) is 0 Å². The maximum absolute atomic E-state index is 11.6. The van der Waals surface area contributed by atoms with Crippen LogP contribution in [0.2, 0.25) is 5.15 Å². The van der Waals surface area contributed by atoms with Crippen LogP contribution in [0.15, 0.2) is 10.9 Å². The van der Waals surface area contributed by atoms with Crippen molar-refractivity contribution in [2.24, 2.45) is 5.92 Å². The van der Waals surface area contributed by atoms with Crippen LogP contribution in [0.5, 0.6) is 0 Å². The molecule has 1 N–H and O–H groups in total. The molecule has 0 saturated heterocycles. The summed E-state index contributed by atoms with van der Waals surface area (Å²) in [5.41, 5.74) is 1.49. The molecule has 86 valence electrons. The zero-order chi connectivity index (χ0) is 11.7. The van der Waals surface area contributed by atoms with Gasteiger partial charge in [0.25, 0.3) is 0 Å². The van der Waals surface area contributed by atoms with E-state index in [0.717, 1.165) is 11.1 Å². The van der Waals surface area contributed by atoms with Crippen molar-refractivity contribution in [3.05, 3.63) is 32.7 Å². The Morgan fingerprint density at radius 3 is 3.06 bits per heavy atom. The molecular weight excluding hydrogens is 230 g/mol. The Balaban J connectivity index is 2.24. The molecular formula is C11H12ClNO3. The molecule has 1 aliphatic rings. The van der Waals surface area contributed by atoms with Crippen molar-refractivity contribution in [2.45, 2.75) is 19.8 Å². The molecule has 1 heterocycles. The molecule has 0 amide bonds. The zero-order valence-corrected chi connectivity index (χ0v) is 9.63. The Labute approximate surface area is 97.6 Å². The number of hydrogen-bond acceptors (Lipinski definition) is 3. The molecule has 1 aromatic rings. The lowest BCUT2D eigenvalue weighted by Crippen LogP contribution is -2.17. The summed E-state index contributed by atoms with van der Waals surface area (Å²) in [5.74, 6) is -0.426. The molecule has 0 saturated carbocycles. The molecule has 1 aromatic heterocycles. The van der Waals surface area contributed by atoms with Crippen molar-refractivity contribution in [1.29, 1.82) is 0 Å². The fraction of sp³-hybridized carbons (Fsp3) is 0.455. The Kier molecular flexibility index (Phi) is 3.01. The summed E-state index contributed by atoms with van der Waals surface area (Å²) in [4.78, 5) is 25.3. The van der Waals surface area contributed by atoms with E-state index in [1.54, 1.807) is 6.92 Å². The predicted octanol–water partition coefficient (Wildman–Crippen LogP) is 1.31. The number of carbonyl (C=O) groups excluding carboxylic acids is 1. The second kappa shape index (κ2) is 4.29. The van der Waals surface area contributed by atoms with Crippen LogP contribution in [-0.4, -0.2) is 17.6 Å². The number of halogens is 1. The summed E-state index contributed by atoms with van der Waals surface area (Å²) in [7, 11) is 0. The molecule has 1 unspecified atom stereocenters. The van der Waals surface area contributed by atoms with Gasteiger partial charge in [0.1, 0.15) is 5.15 Å². The molecule has 0 spiro atoms. The van der Waals surface area contributed by atoms with E-state index in [1.807, 2.05) is 0 Å². The first-order chi connectivity index (χ1) is 7.61. The van der Waals surface area contributed by atoms with E-state index in [9.17, 15) is 9.59 Å². The van der Waals surface area contributed by atoms with Gasteiger partial charge in [0, 0.05) is 6.07 Å². The molecule has 5 heteroatoms. The minimum Gasteiger partial charge on any atom is -0.466 e. The van der Waals surface area contributed by atoms with E-state index in [0.29, 0.717) is 24.6 Å². The third-order valence-corrected chi connectivity index (χ3v) is 3.05. The molecule has 4 nitrogen and oxygen atoms in total. The molecule has 1 atom stereocenters. The van der Waals surface area contributed by atoms with Gasteiger partial charge in [-0.05, 0) is 30.9 Å². The smallest absolute Gasteiger partial charge is 0.309 e. The summed E-state index contributed by atoms with van der Waals surface area (Å²) in [5, 5.41) is 0.342. The van der Waals surface area contributed by atoms with Crippen LogP contribution in [-0.2, 0) is 22.4 Å². The van der Waals surface area contributed by atoms with Crippen LogP contribution in [0, 0.1) is 5.92 Å². The average Bonchev–Trinajstić information content (AvgIpc) is 2.62. The van der Waals surface area contributed by atoms with Crippen molar-refractivity contribution in [2.75, 3.05) is 6.61 Å². The molecule has 0 bridgehead atoms. The third kappa shape index (κ3) is 1.97. The highest BCUT2D eigenvalue weighted by Crippen LogP contribution is 2.30. The molecule has 0 radical (unpaired) electrons. The van der Waals surface area contributed by atoms with Gasteiger partial charge >= 0.3 is 5.97 Å². The molecule has 0 fully saturated rings. The summed E-state index contributed by atoms with van der Waals surface area (Å²) >= 11 is 5.91. The van der Waals surface area contributed by atoms with Crippen LogP contribution < -0.4 is 5.56 Å². The van der Waals surface area contributed by atoms with Gasteiger partial charge in [-0.25, -0.2) is 0 Å². The van der Waals surface area contributed by atoms with Crippen molar-refractivity contribution in [1.82, 2.24) is 4.98 Å². The molecule has 2 rings (SSSR count). The van der Waals surface area contributed by atoms with E-state index in [1.165, 1.54) is 6.07 Å². The number of ether oxygens (including phenoxy) is 1. The summed E-state index contributed by atoms with van der Waals surface area (Å²) in [6, 6.07) is 1.50. The molecule has 0 aliphatic heterocycles. The Hall–Kier alpha value is -1.29. The SMILES string of the molecule is CCOC(=O)C1Cc2cc(=O)[nH]c(Cl)c2C1. The number of pyridine rings is 1. The fourth-order valence-electron chi connectivity index (χ4n) is 2.02. The van der Waals surface area contributed by atoms with Gasteiger partial charge < -0.3 is 9.72 Å². The maximum atomic E-state index is 11.6. The quantitative estimate of drug-likeness (QED) is 0.627. The maximum Gasteiger partial charge on any atom is 0.309 e. The lowest BCUT2D eigenvalue weighted by atomic mass is 10.1. The van der Waals surface area contributed by atoms with Gasteiger partial charge in [0.2, 0.25) is 5.56 Å². The highest BCUT2D eigenvalue weighted by atomic mass is 35.5. The zero-order valence-electron chi connectivity index (χ0n) is 8.88. The van der Waals surface area contributed by atoms with Crippen LogP contribution in [0.4, 0.5) is 0 Å². The summed E-state index contributed by atoms with van der Waals surface area (Å²) in [6.45, 7) is 2.15. The van der Waals surface area contributed by atoms with Gasteiger partial charge in [-0.2, -0.15) is 0 Å². The number of fused-ring (bicyclic) bond motifs is 1. The van der Waals surface area contributed by atoms with Gasteiger partial charge in [0.05, 0.1) is 12.5 Å². The second-order valence-corrected chi connectivity index (χ2v) is 4.19. The second-order valence-electron chi connectivity index (χ2n) is 3.81. The molecule has 1 aliphatic carbocycles. The van der Waals surface area contributed by atoms with Gasteiger partial charge in [-0.3, -0.25) is 9.59 Å². The first-order valence-electron chi connectivity index (χ1n) is 5.19. The standard InChI is InChI=1S/C11H12ClNO3/c1-2-16-11(15)7-3-6-5-9(14)13-10(12)8(6)4-7/h5,7H,2-4H2,1H3,(H,13,14). The van der Waals surface area contributed by atoms with Crippen molar-refractivity contribution >= 4 is 17.6 Å². The Bertz CT molecular complexity index is 481. The van der Waals surface area contributed by atoms with Crippen LogP contribution >= 0.6 is 11.6 Å². The lowest BCUT2D eigenvalue weighted by molar-refractivity contribution is -0.147. The number of H-pyrrole nitrogens is 1. The van der Waals surface area contributed by atoms with E-state index < -0.39 is 0 Å². The third-order valence-electron chi connectivity index (χ3n) is 2.73. The number of hydrogen-bond donors (Lipinski definition) is 1. The monoisotopic (exact) mass is 241 g/mol. The van der Waals surface area contributed by atoms with Crippen molar-refractivity contribution in [3.63, 3.8) is 0 Å². The normalized spacial score (nSPS) is 18.2. The van der Waals surface area contributed by atoms with Gasteiger partial charge in [-0.1, -0.05) is 11.6 Å². The Morgan fingerprint density at radius 2 is 2.38 bits per heavy atom. The van der Waals surface area contributed by atoms with E-state index in [4.69, 9.17) is 16.3 Å². The number of aromatic nitrogens is 1. The van der Waals surface area contributed by atoms with Crippen LogP contribution in [0.3, 0.4) is 0 Å². The van der Waals surface area contributed by atoms with E-state index in [2.05, 4.69) is 4.98 Å². The average molecular weight is 242 g/mol. The number of rotatable bonds is 2. The summed E-state index contributed by atoms with van der Waals surface area (Å²) in [6.07, 6.45) is 1.08.